The van der Waals surface area contributed by atoms with Crippen molar-refractivity contribution in [3.63, 3.8) is 0 Å². The fraction of sp³-hybridized carbons (Fsp3) is 0.371. The summed E-state index contributed by atoms with van der Waals surface area (Å²) in [4.78, 5) is 54.2. The average molecular weight is 646 g/mol. The topological polar surface area (TPSA) is 166 Å². The first kappa shape index (κ1) is 36.3. The summed E-state index contributed by atoms with van der Waals surface area (Å²) in [5, 5.41) is 28.7. The molecule has 0 saturated carbocycles. The van der Waals surface area contributed by atoms with Crippen molar-refractivity contribution in [1.82, 2.24) is 15.8 Å². The Morgan fingerprint density at radius 1 is 1.11 bits per heavy atom. The van der Waals surface area contributed by atoms with E-state index in [9.17, 15) is 33.9 Å². The van der Waals surface area contributed by atoms with E-state index in [-0.39, 0.29) is 42.1 Å². The van der Waals surface area contributed by atoms with Gasteiger partial charge in [0, 0.05) is 43.2 Å². The number of allylic oxidation sites excluding steroid dienone is 1. The van der Waals surface area contributed by atoms with E-state index in [4.69, 9.17) is 4.52 Å². The number of nitrogens with zero attached hydrogens (tertiary/aromatic N) is 3. The van der Waals surface area contributed by atoms with Crippen LogP contribution in [0.15, 0.2) is 64.7 Å². The molecule has 47 heavy (non-hydrogen) atoms. The Morgan fingerprint density at radius 2 is 1.83 bits per heavy atom. The number of amides is 3. The molecule has 0 bridgehead atoms. The lowest BCUT2D eigenvalue weighted by Gasteiger charge is -2.23. The molecule has 0 radical (unpaired) electrons. The Bertz CT molecular complexity index is 1690. The molecule has 0 fully saturated rings. The molecule has 1 aromatic heterocycles. The maximum Gasteiger partial charge on any atom is 0.274 e. The molecule has 3 atom stereocenters. The molecule has 248 valence electrons. The van der Waals surface area contributed by atoms with Crippen molar-refractivity contribution >= 4 is 29.2 Å². The third-order valence-electron chi connectivity index (χ3n) is 7.39. The average Bonchev–Trinajstić information content (AvgIpc) is 3.46. The first-order chi connectivity index (χ1) is 22.2. The van der Waals surface area contributed by atoms with E-state index in [2.05, 4.69) is 15.8 Å². The third-order valence-corrected chi connectivity index (χ3v) is 7.39. The van der Waals surface area contributed by atoms with Gasteiger partial charge < -0.3 is 25.2 Å². The first-order valence-corrected chi connectivity index (χ1v) is 15.2. The van der Waals surface area contributed by atoms with Crippen LogP contribution in [0.5, 0.6) is 0 Å². The number of ketones is 1. The van der Waals surface area contributed by atoms with Gasteiger partial charge in [-0.05, 0) is 62.4 Å². The number of carbonyl (C=O) groups excluding carboxylic acids is 4. The van der Waals surface area contributed by atoms with E-state index in [1.54, 1.807) is 56.3 Å². The predicted molar refractivity (Wildman–Crippen MR) is 172 cm³/mol. The zero-order valence-corrected chi connectivity index (χ0v) is 27.3. The van der Waals surface area contributed by atoms with Crippen LogP contribution in [0, 0.1) is 42.8 Å². The minimum absolute atomic E-state index is 0.00825. The maximum absolute atomic E-state index is 14.5. The summed E-state index contributed by atoms with van der Waals surface area (Å²) >= 11 is 0. The lowest BCUT2D eigenvalue weighted by Crippen LogP contribution is -2.49. The number of halogens is 1. The highest BCUT2D eigenvalue weighted by Crippen LogP contribution is 2.22. The molecule has 3 N–H and O–H groups in total. The molecule has 3 aromatic rings. The van der Waals surface area contributed by atoms with Gasteiger partial charge in [-0.25, -0.2) is 4.39 Å². The van der Waals surface area contributed by atoms with Gasteiger partial charge in [-0.1, -0.05) is 49.3 Å². The summed E-state index contributed by atoms with van der Waals surface area (Å²) in [6.07, 6.45) is -0.0853. The Morgan fingerprint density at radius 3 is 2.43 bits per heavy atom. The standard InChI is InChI=1S/C35H40FN5O6/c1-20(2)12-27(18-37)35(46)41(6)28-9-7-8-24(16-28)15-26(33(44)38-19-25-11-10-21(3)13-29(25)36)17-31(43)32(23(5)42)39-34(45)30-14-22(4)47-40-30/h7-14,16,20,23,26,32,42H,15,17,19H2,1-6H3,(H,38,44)(H,39,45)/t23-,26-,32+/m1/s1. The lowest BCUT2D eigenvalue weighted by molar-refractivity contribution is -0.131. The number of anilines is 1. The van der Waals surface area contributed by atoms with Crippen LogP contribution in [-0.2, 0) is 27.3 Å². The Hall–Kier alpha value is -5.15. The van der Waals surface area contributed by atoms with Crippen molar-refractivity contribution in [2.45, 2.75) is 66.2 Å². The van der Waals surface area contributed by atoms with Gasteiger partial charge in [0.2, 0.25) is 5.91 Å². The number of nitriles is 1. The van der Waals surface area contributed by atoms with Crippen molar-refractivity contribution in [3.05, 3.63) is 94.1 Å². The Labute approximate surface area is 273 Å². The summed E-state index contributed by atoms with van der Waals surface area (Å²) < 4.78 is 19.4. The number of hydrogen-bond acceptors (Lipinski definition) is 8. The number of carbonyl (C=O) groups is 4. The van der Waals surface area contributed by atoms with Crippen LogP contribution in [0.3, 0.4) is 0 Å². The predicted octanol–water partition coefficient (Wildman–Crippen LogP) is 4.11. The van der Waals surface area contributed by atoms with Gasteiger partial charge in [-0.15, -0.1) is 0 Å². The van der Waals surface area contributed by atoms with Crippen LogP contribution < -0.4 is 15.5 Å². The number of nitrogens with one attached hydrogen (secondary N) is 2. The number of benzene rings is 2. The van der Waals surface area contributed by atoms with Crippen LogP contribution in [0.25, 0.3) is 0 Å². The smallest absolute Gasteiger partial charge is 0.274 e. The Balaban J connectivity index is 1.88. The van der Waals surface area contributed by atoms with Gasteiger partial charge >= 0.3 is 0 Å². The fourth-order valence-corrected chi connectivity index (χ4v) is 4.87. The number of aryl methyl sites for hydroxylation is 2. The van der Waals surface area contributed by atoms with Crippen LogP contribution in [0.2, 0.25) is 0 Å². The molecule has 3 rings (SSSR count). The van der Waals surface area contributed by atoms with Gasteiger partial charge in [-0.2, -0.15) is 5.26 Å². The second-order valence-corrected chi connectivity index (χ2v) is 11.9. The molecule has 0 aliphatic carbocycles. The minimum Gasteiger partial charge on any atom is -0.391 e. The quantitative estimate of drug-likeness (QED) is 0.174. The molecular formula is C35H40FN5O6. The molecule has 1 heterocycles. The second kappa shape index (κ2) is 16.4. The van der Waals surface area contributed by atoms with Gasteiger partial charge in [0.25, 0.3) is 11.8 Å². The zero-order chi connectivity index (χ0) is 34.8. The van der Waals surface area contributed by atoms with E-state index < -0.39 is 47.4 Å². The normalized spacial score (nSPS) is 13.3. The van der Waals surface area contributed by atoms with Gasteiger partial charge in [-0.3, -0.25) is 19.2 Å². The highest BCUT2D eigenvalue weighted by atomic mass is 19.1. The highest BCUT2D eigenvalue weighted by molar-refractivity contribution is 6.08. The number of aliphatic hydroxyl groups is 1. The van der Waals surface area contributed by atoms with Crippen LogP contribution in [-0.4, -0.2) is 53.0 Å². The maximum atomic E-state index is 14.5. The molecular weight excluding hydrogens is 605 g/mol. The SMILES string of the molecule is Cc1ccc(CNC(=O)[C@@H](CC(=O)[C@@H](NC(=O)c2cc(C)on2)[C@@H](C)O)Cc2cccc(N(C)C(=O)C(C#N)=CC(C)C)c2)c(F)c1. The fourth-order valence-electron chi connectivity index (χ4n) is 4.87. The molecule has 0 aliphatic rings. The number of aromatic nitrogens is 1. The van der Waals surface area contributed by atoms with Gasteiger partial charge in [0.15, 0.2) is 11.5 Å². The van der Waals surface area contributed by atoms with Crippen molar-refractivity contribution in [1.29, 1.82) is 5.26 Å². The van der Waals surface area contributed by atoms with Crippen LogP contribution >= 0.6 is 0 Å². The first-order valence-electron chi connectivity index (χ1n) is 15.2. The Kier molecular flexibility index (Phi) is 12.7. The molecule has 0 aliphatic heterocycles. The van der Waals surface area contributed by atoms with Crippen molar-refractivity contribution in [3.8, 4) is 6.07 Å². The third kappa shape index (κ3) is 10.2. The number of likely N-dealkylation sites (N-methyl/N-ethyl adjacent to an activating group) is 1. The van der Waals surface area contributed by atoms with E-state index in [1.807, 2.05) is 19.9 Å². The summed E-state index contributed by atoms with van der Waals surface area (Å²) in [5.74, 6) is -3.53. The van der Waals surface area contributed by atoms with E-state index in [0.717, 1.165) is 5.56 Å². The highest BCUT2D eigenvalue weighted by Gasteiger charge is 2.31. The summed E-state index contributed by atoms with van der Waals surface area (Å²) in [7, 11) is 1.53. The van der Waals surface area contributed by atoms with Gasteiger partial charge in [0.1, 0.15) is 29.3 Å². The number of hydrogen-bond donors (Lipinski definition) is 3. The molecule has 11 nitrogen and oxygen atoms in total. The van der Waals surface area contributed by atoms with Crippen molar-refractivity contribution < 1.29 is 33.2 Å². The monoisotopic (exact) mass is 645 g/mol. The molecule has 2 aromatic carbocycles. The number of rotatable bonds is 14. The molecule has 0 spiro atoms. The van der Waals surface area contributed by atoms with Gasteiger partial charge in [0.05, 0.1) is 6.10 Å². The van der Waals surface area contributed by atoms with Crippen LogP contribution in [0.4, 0.5) is 10.1 Å². The van der Waals surface area contributed by atoms with Crippen molar-refractivity contribution in [2.75, 3.05) is 11.9 Å². The lowest BCUT2D eigenvalue weighted by atomic mass is 9.89. The number of aliphatic hydroxyl groups excluding tert-OH is 1. The molecule has 3 amide bonds. The molecule has 0 saturated heterocycles. The van der Waals surface area contributed by atoms with Crippen LogP contribution in [0.1, 0.15) is 60.1 Å². The van der Waals surface area contributed by atoms with E-state index in [0.29, 0.717) is 17.0 Å². The molecule has 0 unspecified atom stereocenters. The van der Waals surface area contributed by atoms with Crippen molar-refractivity contribution in [2.24, 2.45) is 11.8 Å². The minimum atomic E-state index is -1.36. The van der Waals surface area contributed by atoms with E-state index in [1.165, 1.54) is 31.0 Å². The zero-order valence-electron chi connectivity index (χ0n) is 27.3. The largest absolute Gasteiger partial charge is 0.391 e. The molecule has 12 heteroatoms. The second-order valence-electron chi connectivity index (χ2n) is 11.9. The summed E-state index contributed by atoms with van der Waals surface area (Å²) in [6.45, 7) is 8.26. The summed E-state index contributed by atoms with van der Waals surface area (Å²) in [6, 6.07) is 13.4. The number of Topliss-reactive ketones (excluding diaryl/α,β-unsaturated/α-hetero) is 1. The van der Waals surface area contributed by atoms with E-state index >= 15 is 0 Å². The summed E-state index contributed by atoms with van der Waals surface area (Å²) in [5.41, 5.74) is 1.95.